The lowest BCUT2D eigenvalue weighted by Crippen LogP contribution is -2.13. The van der Waals surface area contributed by atoms with E-state index in [9.17, 15) is 4.79 Å². The Balaban J connectivity index is 1.47. The molecule has 0 fully saturated rings. The number of carbonyl (C=O) groups excluding carboxylic acids is 1. The Morgan fingerprint density at radius 3 is 2.23 bits per heavy atom. The van der Waals surface area contributed by atoms with Gasteiger partial charge in [0, 0.05) is 16.8 Å². The summed E-state index contributed by atoms with van der Waals surface area (Å²) in [6.45, 7) is 2.69. The van der Waals surface area contributed by atoms with Crippen LogP contribution in [0.3, 0.4) is 0 Å². The van der Waals surface area contributed by atoms with Gasteiger partial charge in [-0.1, -0.05) is 54.1 Å². The van der Waals surface area contributed by atoms with Crippen LogP contribution < -0.4 is 19.5 Å². The van der Waals surface area contributed by atoms with E-state index in [-0.39, 0.29) is 12.5 Å². The van der Waals surface area contributed by atoms with E-state index in [1.165, 1.54) is 0 Å². The molecular weight excluding hydrogens is 462 g/mol. The molecule has 0 saturated heterocycles. The van der Waals surface area contributed by atoms with Crippen molar-refractivity contribution in [1.29, 1.82) is 0 Å². The van der Waals surface area contributed by atoms with Gasteiger partial charge in [-0.3, -0.25) is 4.79 Å². The molecule has 0 aliphatic rings. The first-order chi connectivity index (χ1) is 17.1. The molecule has 0 aliphatic carbocycles. The first kappa shape index (κ1) is 24.2. The monoisotopic (exact) mass is 487 g/mol. The fraction of sp³-hybridized carbons (Fsp3) is 0.138. The minimum Gasteiger partial charge on any atom is -0.495 e. The molecule has 4 rings (SSSR count). The zero-order chi connectivity index (χ0) is 24.6. The Bertz CT molecular complexity index is 1290. The van der Waals surface area contributed by atoms with Gasteiger partial charge in [-0.2, -0.15) is 0 Å². The fourth-order valence-corrected chi connectivity index (χ4v) is 3.87. The number of anilines is 1. The van der Waals surface area contributed by atoms with Crippen molar-refractivity contribution < 1.29 is 19.0 Å². The van der Waals surface area contributed by atoms with Crippen molar-refractivity contribution in [2.24, 2.45) is 0 Å². The van der Waals surface area contributed by atoms with Crippen molar-refractivity contribution in [3.63, 3.8) is 0 Å². The smallest absolute Gasteiger partial charge is 0.255 e. The summed E-state index contributed by atoms with van der Waals surface area (Å²) >= 11 is 6.17. The number of ether oxygens (including phenoxy) is 3. The van der Waals surface area contributed by atoms with E-state index < -0.39 is 0 Å². The highest BCUT2D eigenvalue weighted by atomic mass is 35.5. The van der Waals surface area contributed by atoms with E-state index in [2.05, 4.69) is 17.4 Å². The van der Waals surface area contributed by atoms with E-state index in [4.69, 9.17) is 25.8 Å². The predicted molar refractivity (Wildman–Crippen MR) is 140 cm³/mol. The number of nitrogens with one attached hydrogen (secondary N) is 1. The maximum absolute atomic E-state index is 12.9. The Labute approximate surface area is 210 Å². The number of hydrogen-bond acceptors (Lipinski definition) is 4. The molecule has 4 aromatic carbocycles. The van der Waals surface area contributed by atoms with E-state index in [0.717, 1.165) is 22.4 Å². The van der Waals surface area contributed by atoms with E-state index in [1.807, 2.05) is 49.4 Å². The molecule has 6 heteroatoms. The maximum Gasteiger partial charge on any atom is 0.255 e. The lowest BCUT2D eigenvalue weighted by atomic mass is 10.1. The van der Waals surface area contributed by atoms with Gasteiger partial charge in [0.1, 0.15) is 23.9 Å². The minimum atomic E-state index is -0.261. The van der Waals surface area contributed by atoms with Crippen LogP contribution in [0.25, 0.3) is 11.1 Å². The molecule has 0 spiro atoms. The standard InChI is InChI=1S/C29H26ClNO4/c1-3-34-27-15-11-22(29(32)31-24-12-16-28(33-2)26(30)18-24)17-23(27)19-35-25-13-9-21(10-14-25)20-7-5-4-6-8-20/h4-18H,3,19H2,1-2H3,(H,31,32). The summed E-state index contributed by atoms with van der Waals surface area (Å²) in [4.78, 5) is 12.9. The quantitative estimate of drug-likeness (QED) is 0.270. The molecule has 4 aromatic rings. The Morgan fingerprint density at radius 1 is 0.829 bits per heavy atom. The summed E-state index contributed by atoms with van der Waals surface area (Å²) in [5.74, 6) is 1.69. The summed E-state index contributed by atoms with van der Waals surface area (Å²) in [6.07, 6.45) is 0. The maximum atomic E-state index is 12.9. The average molecular weight is 488 g/mol. The van der Waals surface area contributed by atoms with Gasteiger partial charge in [0.25, 0.3) is 5.91 Å². The molecule has 178 valence electrons. The molecule has 0 aromatic heterocycles. The predicted octanol–water partition coefficient (Wildman–Crippen LogP) is 7.25. The van der Waals surface area contributed by atoms with Crippen molar-refractivity contribution >= 4 is 23.2 Å². The van der Waals surface area contributed by atoms with Gasteiger partial charge in [0.15, 0.2) is 0 Å². The van der Waals surface area contributed by atoms with Crippen molar-refractivity contribution in [3.05, 3.63) is 107 Å². The van der Waals surface area contributed by atoms with Crippen LogP contribution in [-0.4, -0.2) is 19.6 Å². The zero-order valence-electron chi connectivity index (χ0n) is 19.6. The highest BCUT2D eigenvalue weighted by Crippen LogP contribution is 2.28. The van der Waals surface area contributed by atoms with Gasteiger partial charge in [-0.25, -0.2) is 0 Å². The second-order valence-corrected chi connectivity index (χ2v) is 8.15. The number of benzene rings is 4. The van der Waals surface area contributed by atoms with Gasteiger partial charge in [0.2, 0.25) is 0 Å². The Kier molecular flexibility index (Phi) is 7.91. The first-order valence-corrected chi connectivity index (χ1v) is 11.6. The summed E-state index contributed by atoms with van der Waals surface area (Å²) in [5, 5.41) is 3.28. The zero-order valence-corrected chi connectivity index (χ0v) is 20.3. The molecule has 1 amide bonds. The molecule has 35 heavy (non-hydrogen) atoms. The number of methoxy groups -OCH3 is 1. The minimum absolute atomic E-state index is 0.259. The number of amides is 1. The molecule has 0 saturated carbocycles. The van der Waals surface area contributed by atoms with Crippen LogP contribution in [0.1, 0.15) is 22.8 Å². The third kappa shape index (κ3) is 6.14. The van der Waals surface area contributed by atoms with Crippen LogP contribution >= 0.6 is 11.6 Å². The van der Waals surface area contributed by atoms with Crippen LogP contribution in [0.2, 0.25) is 5.02 Å². The van der Waals surface area contributed by atoms with Crippen molar-refractivity contribution in [1.82, 2.24) is 0 Å². The molecule has 0 unspecified atom stereocenters. The Morgan fingerprint density at radius 2 is 1.54 bits per heavy atom. The van der Waals surface area contributed by atoms with Gasteiger partial charge < -0.3 is 19.5 Å². The number of carbonyl (C=O) groups is 1. The van der Waals surface area contributed by atoms with Gasteiger partial charge in [-0.15, -0.1) is 0 Å². The highest BCUT2D eigenvalue weighted by molar-refractivity contribution is 6.32. The third-order valence-corrected chi connectivity index (χ3v) is 5.68. The molecule has 0 atom stereocenters. The summed E-state index contributed by atoms with van der Waals surface area (Å²) < 4.78 is 16.9. The number of rotatable bonds is 9. The van der Waals surface area contributed by atoms with E-state index in [1.54, 1.807) is 43.5 Å². The van der Waals surface area contributed by atoms with Crippen LogP contribution in [0.15, 0.2) is 91.0 Å². The van der Waals surface area contributed by atoms with E-state index >= 15 is 0 Å². The van der Waals surface area contributed by atoms with Crippen molar-refractivity contribution in [2.75, 3.05) is 19.0 Å². The van der Waals surface area contributed by atoms with Crippen LogP contribution in [-0.2, 0) is 6.61 Å². The lowest BCUT2D eigenvalue weighted by Gasteiger charge is -2.14. The summed E-state index contributed by atoms with van der Waals surface area (Å²) in [6, 6.07) is 28.5. The fourth-order valence-electron chi connectivity index (χ4n) is 3.61. The Hall–Kier alpha value is -3.96. The number of halogens is 1. The summed E-state index contributed by atoms with van der Waals surface area (Å²) in [5.41, 5.74) is 4.10. The molecule has 0 bridgehead atoms. The largest absolute Gasteiger partial charge is 0.495 e. The van der Waals surface area contributed by atoms with E-state index in [0.29, 0.717) is 34.4 Å². The molecule has 5 nitrogen and oxygen atoms in total. The first-order valence-electron chi connectivity index (χ1n) is 11.3. The normalized spacial score (nSPS) is 10.5. The molecule has 1 N–H and O–H groups in total. The topological polar surface area (TPSA) is 56.8 Å². The second-order valence-electron chi connectivity index (χ2n) is 7.74. The van der Waals surface area contributed by atoms with Crippen molar-refractivity contribution in [3.8, 4) is 28.4 Å². The lowest BCUT2D eigenvalue weighted by molar-refractivity contribution is 0.102. The van der Waals surface area contributed by atoms with Crippen molar-refractivity contribution in [2.45, 2.75) is 13.5 Å². The third-order valence-electron chi connectivity index (χ3n) is 5.39. The molecule has 0 heterocycles. The van der Waals surface area contributed by atoms with Crippen LogP contribution in [0, 0.1) is 0 Å². The SMILES string of the molecule is CCOc1ccc(C(=O)Nc2ccc(OC)c(Cl)c2)cc1COc1ccc(-c2ccccc2)cc1. The number of hydrogen-bond donors (Lipinski definition) is 1. The van der Waals surface area contributed by atoms with Gasteiger partial charge in [-0.05, 0) is 66.6 Å². The second kappa shape index (κ2) is 11.4. The molecular formula is C29H26ClNO4. The van der Waals surface area contributed by atoms with Crippen LogP contribution in [0.5, 0.6) is 17.2 Å². The van der Waals surface area contributed by atoms with Gasteiger partial charge in [0.05, 0.1) is 18.7 Å². The average Bonchev–Trinajstić information content (AvgIpc) is 2.89. The molecule has 0 aliphatic heterocycles. The highest BCUT2D eigenvalue weighted by Gasteiger charge is 2.13. The van der Waals surface area contributed by atoms with Gasteiger partial charge >= 0.3 is 0 Å². The molecule has 0 radical (unpaired) electrons. The van der Waals surface area contributed by atoms with Crippen LogP contribution in [0.4, 0.5) is 5.69 Å². The summed E-state index contributed by atoms with van der Waals surface area (Å²) in [7, 11) is 1.54.